The summed E-state index contributed by atoms with van der Waals surface area (Å²) in [5, 5.41) is 11.0. The molecule has 3 aromatic carbocycles. The standard InChI is InChI=1S/C32H42O6Si/c1-31(2,3)39(6,7)38-30-21-28(33)29(37-30)22-36-32(23-11-9-8-10-12-23,24-13-17-26(34-4)18-14-24)25-15-19-27(35-5)20-16-25/h8-20,28-30,33H,21-22H2,1-7H3. The van der Waals surface area contributed by atoms with E-state index in [-0.39, 0.29) is 11.6 Å². The van der Waals surface area contributed by atoms with Gasteiger partial charge in [-0.1, -0.05) is 75.4 Å². The molecule has 0 amide bonds. The molecule has 1 aliphatic heterocycles. The Morgan fingerprint density at radius 3 is 1.74 bits per heavy atom. The van der Waals surface area contributed by atoms with E-state index in [2.05, 4.69) is 46.0 Å². The summed E-state index contributed by atoms with van der Waals surface area (Å²) < 4.78 is 30.5. The molecule has 0 spiro atoms. The molecule has 0 aliphatic carbocycles. The molecule has 1 saturated heterocycles. The molecule has 210 valence electrons. The molecule has 1 aliphatic rings. The zero-order chi connectivity index (χ0) is 28.3. The van der Waals surface area contributed by atoms with E-state index in [0.29, 0.717) is 6.42 Å². The second-order valence-electron chi connectivity index (χ2n) is 11.6. The van der Waals surface area contributed by atoms with Crippen molar-refractivity contribution in [1.29, 1.82) is 0 Å². The predicted molar refractivity (Wildman–Crippen MR) is 156 cm³/mol. The topological polar surface area (TPSA) is 66.4 Å². The fourth-order valence-electron chi connectivity index (χ4n) is 4.70. The fraction of sp³-hybridized carbons (Fsp3) is 0.438. The quantitative estimate of drug-likeness (QED) is 0.229. The maximum Gasteiger partial charge on any atom is 0.195 e. The average molecular weight is 551 g/mol. The Morgan fingerprint density at radius 2 is 1.28 bits per heavy atom. The van der Waals surface area contributed by atoms with Crippen molar-refractivity contribution in [2.45, 2.75) is 69.4 Å². The van der Waals surface area contributed by atoms with Crippen LogP contribution >= 0.6 is 0 Å². The van der Waals surface area contributed by atoms with E-state index >= 15 is 0 Å². The molecule has 1 heterocycles. The van der Waals surface area contributed by atoms with Crippen LogP contribution in [0.2, 0.25) is 18.1 Å². The van der Waals surface area contributed by atoms with E-state index in [1.54, 1.807) is 14.2 Å². The van der Waals surface area contributed by atoms with Gasteiger partial charge in [0.2, 0.25) is 0 Å². The van der Waals surface area contributed by atoms with Gasteiger partial charge in [0.05, 0.1) is 26.9 Å². The SMILES string of the molecule is COc1ccc(C(OCC2OC(O[Si](C)(C)C(C)(C)C)CC2O)(c2ccccc2)c2ccc(OC)cc2)cc1. The molecule has 3 atom stereocenters. The third-order valence-corrected chi connectivity index (χ3v) is 12.5. The second-order valence-corrected chi connectivity index (χ2v) is 16.4. The van der Waals surface area contributed by atoms with Gasteiger partial charge in [0.1, 0.15) is 23.2 Å². The Bertz CT molecular complexity index is 1140. The molecule has 0 saturated carbocycles. The summed E-state index contributed by atoms with van der Waals surface area (Å²) in [6.07, 6.45) is -1.26. The zero-order valence-corrected chi connectivity index (χ0v) is 25.1. The third kappa shape index (κ3) is 6.23. The first-order valence-electron chi connectivity index (χ1n) is 13.5. The summed E-state index contributed by atoms with van der Waals surface area (Å²) in [6.45, 7) is 11.2. The molecule has 39 heavy (non-hydrogen) atoms. The Morgan fingerprint density at radius 1 is 0.795 bits per heavy atom. The van der Waals surface area contributed by atoms with Gasteiger partial charge in [0.25, 0.3) is 0 Å². The highest BCUT2D eigenvalue weighted by molar-refractivity contribution is 6.74. The molecule has 0 radical (unpaired) electrons. The lowest BCUT2D eigenvalue weighted by Crippen LogP contribution is -2.44. The summed E-state index contributed by atoms with van der Waals surface area (Å²) >= 11 is 0. The van der Waals surface area contributed by atoms with Crippen LogP contribution in [0.5, 0.6) is 11.5 Å². The maximum absolute atomic E-state index is 11.0. The molecular weight excluding hydrogens is 508 g/mol. The van der Waals surface area contributed by atoms with Gasteiger partial charge in [0, 0.05) is 6.42 Å². The number of aliphatic hydroxyl groups is 1. The first-order valence-corrected chi connectivity index (χ1v) is 16.4. The van der Waals surface area contributed by atoms with Crippen LogP contribution in [0.25, 0.3) is 0 Å². The van der Waals surface area contributed by atoms with Crippen LogP contribution in [0.4, 0.5) is 0 Å². The van der Waals surface area contributed by atoms with E-state index in [1.165, 1.54) is 0 Å². The number of rotatable bonds is 10. The summed E-state index contributed by atoms with van der Waals surface area (Å²) in [5.41, 5.74) is 1.85. The van der Waals surface area contributed by atoms with Crippen molar-refractivity contribution in [3.63, 3.8) is 0 Å². The number of ether oxygens (including phenoxy) is 4. The smallest absolute Gasteiger partial charge is 0.195 e. The maximum atomic E-state index is 11.0. The Balaban J connectivity index is 1.70. The number of benzene rings is 3. The summed E-state index contributed by atoms with van der Waals surface area (Å²) in [7, 11) is 1.24. The van der Waals surface area contributed by atoms with Crippen LogP contribution in [-0.4, -0.2) is 52.7 Å². The molecule has 4 rings (SSSR count). The average Bonchev–Trinajstić information content (AvgIpc) is 3.27. The van der Waals surface area contributed by atoms with Gasteiger partial charge in [-0.3, -0.25) is 0 Å². The molecular formula is C32H42O6Si. The minimum Gasteiger partial charge on any atom is -0.497 e. The summed E-state index contributed by atoms with van der Waals surface area (Å²) in [4.78, 5) is 0. The van der Waals surface area contributed by atoms with Gasteiger partial charge < -0.3 is 28.5 Å². The summed E-state index contributed by atoms with van der Waals surface area (Å²) in [6, 6.07) is 25.9. The minimum absolute atomic E-state index is 0.0428. The lowest BCUT2D eigenvalue weighted by Gasteiger charge is -2.38. The molecule has 0 aromatic heterocycles. The Kier molecular flexibility index (Phi) is 8.88. The van der Waals surface area contributed by atoms with Crippen LogP contribution in [0.3, 0.4) is 0 Å². The van der Waals surface area contributed by atoms with Crippen molar-refractivity contribution in [2.24, 2.45) is 0 Å². The highest BCUT2D eigenvalue weighted by Crippen LogP contribution is 2.43. The van der Waals surface area contributed by atoms with Crippen molar-refractivity contribution in [3.8, 4) is 11.5 Å². The van der Waals surface area contributed by atoms with Crippen molar-refractivity contribution < 1.29 is 28.5 Å². The van der Waals surface area contributed by atoms with Crippen LogP contribution < -0.4 is 9.47 Å². The van der Waals surface area contributed by atoms with Gasteiger partial charge in [-0.25, -0.2) is 0 Å². The molecule has 7 heteroatoms. The van der Waals surface area contributed by atoms with Crippen LogP contribution in [-0.2, 0) is 19.5 Å². The Labute approximate surface area is 234 Å². The minimum atomic E-state index is -2.07. The van der Waals surface area contributed by atoms with Crippen molar-refractivity contribution in [2.75, 3.05) is 20.8 Å². The van der Waals surface area contributed by atoms with E-state index < -0.39 is 32.4 Å². The first-order chi connectivity index (χ1) is 18.5. The molecule has 3 unspecified atom stereocenters. The molecule has 3 aromatic rings. The highest BCUT2D eigenvalue weighted by Gasteiger charge is 2.45. The summed E-state index contributed by atoms with van der Waals surface area (Å²) in [5.74, 6) is 1.52. The lowest BCUT2D eigenvalue weighted by atomic mass is 9.80. The molecule has 1 fully saturated rings. The Hall–Kier alpha value is -2.68. The van der Waals surface area contributed by atoms with Gasteiger partial charge in [-0.2, -0.15) is 0 Å². The largest absolute Gasteiger partial charge is 0.497 e. The molecule has 0 bridgehead atoms. The monoisotopic (exact) mass is 550 g/mol. The number of aliphatic hydroxyl groups excluding tert-OH is 1. The predicted octanol–water partition coefficient (Wildman–Crippen LogP) is 6.51. The molecule has 1 N–H and O–H groups in total. The van der Waals surface area contributed by atoms with E-state index in [9.17, 15) is 5.11 Å². The molecule has 6 nitrogen and oxygen atoms in total. The number of hydrogen-bond donors (Lipinski definition) is 1. The van der Waals surface area contributed by atoms with Crippen LogP contribution in [0, 0.1) is 0 Å². The van der Waals surface area contributed by atoms with Gasteiger partial charge in [-0.15, -0.1) is 0 Å². The fourth-order valence-corrected chi connectivity index (χ4v) is 5.87. The lowest BCUT2D eigenvalue weighted by molar-refractivity contribution is -0.125. The highest BCUT2D eigenvalue weighted by atomic mass is 28.4. The van der Waals surface area contributed by atoms with Crippen molar-refractivity contribution in [1.82, 2.24) is 0 Å². The van der Waals surface area contributed by atoms with Crippen LogP contribution in [0.15, 0.2) is 78.9 Å². The van der Waals surface area contributed by atoms with E-state index in [1.807, 2.05) is 66.7 Å². The van der Waals surface area contributed by atoms with Crippen LogP contribution in [0.1, 0.15) is 43.9 Å². The van der Waals surface area contributed by atoms with Gasteiger partial charge in [0.15, 0.2) is 14.6 Å². The number of hydrogen-bond acceptors (Lipinski definition) is 6. The number of methoxy groups -OCH3 is 2. The zero-order valence-electron chi connectivity index (χ0n) is 24.1. The van der Waals surface area contributed by atoms with E-state index in [4.69, 9.17) is 23.4 Å². The normalized spacial score (nSPS) is 20.2. The van der Waals surface area contributed by atoms with Crippen molar-refractivity contribution in [3.05, 3.63) is 95.6 Å². The van der Waals surface area contributed by atoms with E-state index in [0.717, 1.165) is 28.2 Å². The first kappa shape index (κ1) is 29.3. The second kappa shape index (κ2) is 11.8. The van der Waals surface area contributed by atoms with Gasteiger partial charge >= 0.3 is 0 Å². The van der Waals surface area contributed by atoms with Gasteiger partial charge in [-0.05, 0) is 59.1 Å². The van der Waals surface area contributed by atoms with Crippen molar-refractivity contribution >= 4 is 8.32 Å². The third-order valence-electron chi connectivity index (χ3n) is 8.06.